The number of nitrogens with one attached hydrogen (secondary N) is 5. The molecule has 2 saturated heterocycles. The third-order valence-corrected chi connectivity index (χ3v) is 7.75. The van der Waals surface area contributed by atoms with Crippen molar-refractivity contribution in [2.24, 2.45) is 5.92 Å². The first-order valence-electron chi connectivity index (χ1n) is 14.6. The number of phenolic OH excluding ortho intramolecular Hbond substituents is 1. The lowest BCUT2D eigenvalue weighted by molar-refractivity contribution is -0.142. The Morgan fingerprint density at radius 1 is 0.932 bits per heavy atom. The lowest BCUT2D eigenvalue weighted by Gasteiger charge is -2.31. The number of carbonyl (C=O) groups is 7. The van der Waals surface area contributed by atoms with E-state index in [1.165, 1.54) is 17.0 Å². The summed E-state index contributed by atoms with van der Waals surface area (Å²) in [5.74, 6) is -5.87. The first-order valence-corrected chi connectivity index (χ1v) is 14.6. The maximum atomic E-state index is 13.9. The van der Waals surface area contributed by atoms with Gasteiger partial charge in [0.05, 0.1) is 13.0 Å². The van der Waals surface area contributed by atoms with Crippen molar-refractivity contribution in [2.45, 2.75) is 76.5 Å². The average molecular weight is 617 g/mol. The largest absolute Gasteiger partial charge is 0.508 e. The van der Waals surface area contributed by atoms with Crippen LogP contribution in [-0.2, 0) is 40.0 Å². The van der Waals surface area contributed by atoms with Gasteiger partial charge in [-0.1, -0.05) is 32.4 Å². The van der Waals surface area contributed by atoms with Crippen molar-refractivity contribution in [1.29, 1.82) is 0 Å². The molecule has 0 aromatic heterocycles. The number of phenols is 1. The third kappa shape index (κ3) is 9.41. The van der Waals surface area contributed by atoms with Crippen LogP contribution >= 0.6 is 0 Å². The number of carbonyl (C=O) groups excluding carboxylic acids is 6. The fraction of sp³-hybridized carbons (Fsp3) is 0.552. The Morgan fingerprint density at radius 3 is 2.30 bits per heavy atom. The molecule has 2 heterocycles. The summed E-state index contributed by atoms with van der Waals surface area (Å²) < 4.78 is 0. The van der Waals surface area contributed by atoms with Crippen molar-refractivity contribution in [3.8, 4) is 5.75 Å². The molecule has 240 valence electrons. The van der Waals surface area contributed by atoms with E-state index in [4.69, 9.17) is 0 Å². The number of nitrogens with zero attached hydrogens (tertiary/aromatic N) is 1. The first-order chi connectivity index (χ1) is 20.9. The molecule has 2 aliphatic rings. The molecular weight excluding hydrogens is 576 g/mol. The van der Waals surface area contributed by atoms with Gasteiger partial charge in [-0.3, -0.25) is 33.6 Å². The maximum Gasteiger partial charge on any atom is 0.305 e. The van der Waals surface area contributed by atoms with E-state index in [-0.39, 0.29) is 31.7 Å². The minimum Gasteiger partial charge on any atom is -0.508 e. The molecule has 44 heavy (non-hydrogen) atoms. The molecule has 1 aromatic rings. The molecule has 1 aromatic carbocycles. The Balaban J connectivity index is 1.98. The quantitative estimate of drug-likeness (QED) is 0.198. The number of amides is 6. The number of hydrogen-bond acceptors (Lipinski definition) is 8. The van der Waals surface area contributed by atoms with Crippen LogP contribution in [0.3, 0.4) is 0 Å². The van der Waals surface area contributed by atoms with E-state index < -0.39 is 84.5 Å². The highest BCUT2D eigenvalue weighted by molar-refractivity contribution is 5.97. The molecule has 7 N–H and O–H groups in total. The number of benzene rings is 1. The van der Waals surface area contributed by atoms with Crippen LogP contribution < -0.4 is 26.6 Å². The molecule has 0 aliphatic carbocycles. The summed E-state index contributed by atoms with van der Waals surface area (Å²) in [6, 6.07) is 1.29. The van der Waals surface area contributed by atoms with Crippen LogP contribution in [0.4, 0.5) is 0 Å². The minimum atomic E-state index is -1.56. The van der Waals surface area contributed by atoms with Gasteiger partial charge in [0.1, 0.15) is 29.9 Å². The molecule has 6 amide bonds. The van der Waals surface area contributed by atoms with Crippen LogP contribution in [0, 0.1) is 5.92 Å². The van der Waals surface area contributed by atoms with Crippen LogP contribution in [0.2, 0.25) is 0 Å². The van der Waals surface area contributed by atoms with E-state index in [1.807, 2.05) is 0 Å². The molecule has 3 rings (SSSR count). The standard InChI is InChI=1S/C29H40N6O9/c1-3-16(2)25-28(43)33-20(13-17-6-8-18(36)9-7-17)29(44)35-12-4-5-21(35)27(42)30-11-10-22(37)31-15-23(38)32-19(14-24(39)40)26(41)34-25/h6-9,16,19-21,25,36H,3-5,10-15H2,1-2H3,(H,30,42)(H,31,37)(H,32,38)(H,33,43)(H,34,41)(H,39,40)/t16-,19-,20-,21-,25-/m0/s1. The second-order valence-corrected chi connectivity index (χ2v) is 11.0. The highest BCUT2D eigenvalue weighted by Gasteiger charge is 2.39. The van der Waals surface area contributed by atoms with Gasteiger partial charge in [-0.15, -0.1) is 0 Å². The summed E-state index contributed by atoms with van der Waals surface area (Å²) in [5, 5.41) is 31.6. The van der Waals surface area contributed by atoms with Gasteiger partial charge in [0.15, 0.2) is 0 Å². The van der Waals surface area contributed by atoms with Gasteiger partial charge in [0.25, 0.3) is 0 Å². The average Bonchev–Trinajstić information content (AvgIpc) is 3.48. The van der Waals surface area contributed by atoms with Crippen molar-refractivity contribution < 1.29 is 43.8 Å². The molecule has 0 spiro atoms. The number of carboxylic acids is 1. The normalized spacial score (nSPS) is 25.2. The van der Waals surface area contributed by atoms with Gasteiger partial charge in [-0.25, -0.2) is 0 Å². The zero-order valence-electron chi connectivity index (χ0n) is 24.8. The molecule has 0 radical (unpaired) electrons. The summed E-state index contributed by atoms with van der Waals surface area (Å²) in [7, 11) is 0. The SMILES string of the molecule is CC[C@H](C)[C@@H]1NC(=O)[C@H](CC(=O)O)NC(=O)CNC(=O)CCNC(=O)[C@@H]2CCCN2C(=O)[C@H](Cc2ccc(O)cc2)NC1=O. The van der Waals surface area contributed by atoms with E-state index in [0.29, 0.717) is 24.8 Å². The molecule has 15 heteroatoms. The van der Waals surface area contributed by atoms with Crippen molar-refractivity contribution in [3.63, 3.8) is 0 Å². The lowest BCUT2D eigenvalue weighted by Crippen LogP contribution is -2.60. The number of aromatic hydroxyl groups is 1. The van der Waals surface area contributed by atoms with Gasteiger partial charge in [0, 0.05) is 25.9 Å². The van der Waals surface area contributed by atoms with Crippen molar-refractivity contribution >= 4 is 41.4 Å². The van der Waals surface area contributed by atoms with Crippen molar-refractivity contribution in [1.82, 2.24) is 31.5 Å². The van der Waals surface area contributed by atoms with E-state index in [2.05, 4.69) is 26.6 Å². The molecule has 2 fully saturated rings. The molecular formula is C29H40N6O9. The van der Waals surface area contributed by atoms with Gasteiger partial charge in [-0.2, -0.15) is 0 Å². The molecule has 0 unspecified atom stereocenters. The summed E-state index contributed by atoms with van der Waals surface area (Å²) in [5.41, 5.74) is 0.611. The zero-order valence-corrected chi connectivity index (χ0v) is 24.8. The van der Waals surface area contributed by atoms with Crippen LogP contribution in [0.1, 0.15) is 51.5 Å². The highest BCUT2D eigenvalue weighted by Crippen LogP contribution is 2.21. The minimum absolute atomic E-state index is 0.00866. The van der Waals surface area contributed by atoms with E-state index in [9.17, 15) is 43.8 Å². The fourth-order valence-electron chi connectivity index (χ4n) is 5.10. The predicted octanol–water partition coefficient (Wildman–Crippen LogP) is -1.46. The molecule has 5 atom stereocenters. The van der Waals surface area contributed by atoms with Gasteiger partial charge >= 0.3 is 5.97 Å². The maximum absolute atomic E-state index is 13.9. The Hall–Kier alpha value is -4.69. The summed E-state index contributed by atoms with van der Waals surface area (Å²) in [6.45, 7) is 3.12. The van der Waals surface area contributed by atoms with E-state index in [1.54, 1.807) is 26.0 Å². The number of carboxylic acid groups (broad SMARTS) is 1. The van der Waals surface area contributed by atoms with Crippen LogP contribution in [-0.4, -0.2) is 100 Å². The van der Waals surface area contributed by atoms with Crippen molar-refractivity contribution in [3.05, 3.63) is 29.8 Å². The van der Waals surface area contributed by atoms with Crippen LogP contribution in [0.15, 0.2) is 24.3 Å². The Morgan fingerprint density at radius 2 is 1.64 bits per heavy atom. The second-order valence-electron chi connectivity index (χ2n) is 11.0. The summed E-state index contributed by atoms with van der Waals surface area (Å²) in [4.78, 5) is 91.5. The summed E-state index contributed by atoms with van der Waals surface area (Å²) >= 11 is 0. The van der Waals surface area contributed by atoms with Gasteiger partial charge in [0.2, 0.25) is 35.4 Å². The molecule has 0 bridgehead atoms. The van der Waals surface area contributed by atoms with Crippen LogP contribution in [0.25, 0.3) is 0 Å². The monoisotopic (exact) mass is 616 g/mol. The predicted molar refractivity (Wildman–Crippen MR) is 155 cm³/mol. The van der Waals surface area contributed by atoms with Crippen molar-refractivity contribution in [2.75, 3.05) is 19.6 Å². The lowest BCUT2D eigenvalue weighted by atomic mass is 9.96. The Labute approximate surface area is 254 Å². The number of fused-ring (bicyclic) bond motifs is 1. The fourth-order valence-corrected chi connectivity index (χ4v) is 5.10. The second kappa shape index (κ2) is 15.7. The molecule has 0 saturated carbocycles. The summed E-state index contributed by atoms with van der Waals surface area (Å²) in [6.07, 6.45) is 0.385. The molecule has 15 nitrogen and oxygen atoms in total. The third-order valence-electron chi connectivity index (χ3n) is 7.75. The Kier molecular flexibility index (Phi) is 12.1. The van der Waals surface area contributed by atoms with Crippen LogP contribution in [0.5, 0.6) is 5.75 Å². The number of aliphatic carboxylic acids is 1. The van der Waals surface area contributed by atoms with E-state index in [0.717, 1.165) is 0 Å². The van der Waals surface area contributed by atoms with Gasteiger partial charge in [-0.05, 0) is 36.5 Å². The smallest absolute Gasteiger partial charge is 0.305 e. The van der Waals surface area contributed by atoms with E-state index >= 15 is 0 Å². The zero-order chi connectivity index (χ0) is 32.4. The number of rotatable bonds is 6. The highest BCUT2D eigenvalue weighted by atomic mass is 16.4. The Bertz CT molecular complexity index is 1250. The molecule has 2 aliphatic heterocycles. The number of hydrogen-bond donors (Lipinski definition) is 7. The first kappa shape index (κ1) is 33.8. The topological polar surface area (TPSA) is 223 Å². The van der Waals surface area contributed by atoms with Gasteiger partial charge < -0.3 is 41.7 Å².